The molecule has 0 bridgehead atoms. The lowest BCUT2D eigenvalue weighted by Crippen LogP contribution is -2.41. The maximum Gasteiger partial charge on any atom is 0.229 e. The Morgan fingerprint density at radius 2 is 2.25 bits per heavy atom. The second-order valence-corrected chi connectivity index (χ2v) is 6.44. The molecule has 1 fully saturated rings. The number of aromatic nitrogens is 3. The molecule has 24 heavy (non-hydrogen) atoms. The molecule has 6 heteroatoms. The number of aryl methyl sites for hydroxylation is 1. The molecule has 128 valence electrons. The number of amides is 1. The fourth-order valence-electron chi connectivity index (χ4n) is 3.30. The third kappa shape index (κ3) is 3.42. The van der Waals surface area contributed by atoms with Crippen LogP contribution < -0.4 is 4.74 Å². The van der Waals surface area contributed by atoms with Crippen molar-refractivity contribution in [3.8, 4) is 5.75 Å². The first-order valence-electron chi connectivity index (χ1n) is 8.37. The van der Waals surface area contributed by atoms with Gasteiger partial charge in [0.25, 0.3) is 0 Å². The van der Waals surface area contributed by atoms with Gasteiger partial charge in [-0.3, -0.25) is 9.48 Å². The average molecular weight is 328 g/mol. The number of carbonyl (C=O) groups is 1. The lowest BCUT2D eigenvalue weighted by atomic mass is 9.93. The van der Waals surface area contributed by atoms with Gasteiger partial charge in [-0.25, -0.2) is 0 Å². The molecule has 0 aliphatic carbocycles. The molecule has 0 radical (unpaired) electrons. The van der Waals surface area contributed by atoms with E-state index in [0.29, 0.717) is 6.54 Å². The van der Waals surface area contributed by atoms with Crippen LogP contribution in [0.4, 0.5) is 0 Å². The molecule has 1 amide bonds. The molecule has 0 saturated carbocycles. The first kappa shape index (κ1) is 16.5. The van der Waals surface area contributed by atoms with E-state index < -0.39 is 0 Å². The predicted octanol–water partition coefficient (Wildman–Crippen LogP) is 2.33. The van der Waals surface area contributed by atoms with Gasteiger partial charge in [0.2, 0.25) is 5.91 Å². The molecule has 0 spiro atoms. The molecule has 2 heterocycles. The Kier molecular flexibility index (Phi) is 4.83. The highest BCUT2D eigenvalue weighted by Crippen LogP contribution is 2.28. The van der Waals surface area contributed by atoms with Gasteiger partial charge in [-0.05, 0) is 37.5 Å². The zero-order chi connectivity index (χ0) is 17.1. The van der Waals surface area contributed by atoms with Crippen molar-refractivity contribution < 1.29 is 9.53 Å². The van der Waals surface area contributed by atoms with E-state index >= 15 is 0 Å². The van der Waals surface area contributed by atoms with Crippen molar-refractivity contribution in [1.29, 1.82) is 0 Å². The van der Waals surface area contributed by atoms with E-state index in [2.05, 4.69) is 10.3 Å². The molecule has 1 aromatic heterocycles. The van der Waals surface area contributed by atoms with Crippen molar-refractivity contribution in [2.45, 2.75) is 31.6 Å². The Balaban J connectivity index is 1.71. The molecule has 3 rings (SSSR count). The van der Waals surface area contributed by atoms with Crippen molar-refractivity contribution in [3.05, 3.63) is 41.7 Å². The number of benzene rings is 1. The number of nitrogens with zero attached hydrogens (tertiary/aromatic N) is 4. The Morgan fingerprint density at radius 3 is 2.96 bits per heavy atom. The summed E-state index contributed by atoms with van der Waals surface area (Å²) in [5.74, 6) is 1.04. The zero-order valence-corrected chi connectivity index (χ0v) is 14.5. The first-order chi connectivity index (χ1) is 11.6. The molecular formula is C18H24N4O2. The minimum absolute atomic E-state index is 0.164. The summed E-state index contributed by atoms with van der Waals surface area (Å²) in [5, 5.41) is 8.23. The summed E-state index contributed by atoms with van der Waals surface area (Å²) in [7, 11) is 3.51. The highest BCUT2D eigenvalue weighted by Gasteiger charge is 2.29. The van der Waals surface area contributed by atoms with E-state index in [4.69, 9.17) is 4.74 Å². The number of rotatable bonds is 4. The number of methoxy groups -OCH3 is 1. The van der Waals surface area contributed by atoms with Gasteiger partial charge in [-0.15, -0.1) is 5.10 Å². The molecule has 0 N–H and O–H groups in total. The number of hydrogen-bond donors (Lipinski definition) is 0. The quantitative estimate of drug-likeness (QED) is 0.864. The van der Waals surface area contributed by atoms with Gasteiger partial charge in [-0.1, -0.05) is 17.3 Å². The van der Waals surface area contributed by atoms with E-state index in [1.807, 2.05) is 49.3 Å². The van der Waals surface area contributed by atoms with Crippen LogP contribution in [0, 0.1) is 0 Å². The summed E-state index contributed by atoms with van der Waals surface area (Å²) < 4.78 is 6.98. The van der Waals surface area contributed by atoms with E-state index in [0.717, 1.165) is 36.4 Å². The fraction of sp³-hybridized carbons (Fsp3) is 0.500. The molecule has 1 aromatic carbocycles. The predicted molar refractivity (Wildman–Crippen MR) is 91.0 cm³/mol. The zero-order valence-electron chi connectivity index (χ0n) is 14.5. The van der Waals surface area contributed by atoms with Crippen LogP contribution in [0.5, 0.6) is 5.75 Å². The van der Waals surface area contributed by atoms with Crippen LogP contribution in [0.25, 0.3) is 0 Å². The van der Waals surface area contributed by atoms with Crippen molar-refractivity contribution in [3.63, 3.8) is 0 Å². The Labute approximate surface area is 142 Å². The second kappa shape index (κ2) is 7.03. The molecule has 6 nitrogen and oxygen atoms in total. The summed E-state index contributed by atoms with van der Waals surface area (Å²) >= 11 is 0. The standard InChI is InChI=1S/C18H24N4O2/c1-13(14-6-4-8-16(10-14)24-3)18(23)22-9-5-7-15(11-22)17-12-21(2)20-19-17/h4,6,8,10,12-13,15H,5,7,9,11H2,1-3H3. The van der Waals surface area contributed by atoms with Crippen molar-refractivity contribution in [1.82, 2.24) is 19.9 Å². The summed E-state index contributed by atoms with van der Waals surface area (Å²) in [4.78, 5) is 14.9. The smallest absolute Gasteiger partial charge is 0.229 e. The summed E-state index contributed by atoms with van der Waals surface area (Å²) in [6.45, 7) is 3.48. The average Bonchev–Trinajstić information content (AvgIpc) is 3.07. The van der Waals surface area contributed by atoms with Crippen LogP contribution in [0.1, 0.15) is 42.9 Å². The van der Waals surface area contributed by atoms with Gasteiger partial charge < -0.3 is 9.64 Å². The van der Waals surface area contributed by atoms with Gasteiger partial charge in [0, 0.05) is 32.3 Å². The molecule has 2 unspecified atom stereocenters. The number of likely N-dealkylation sites (tertiary alicyclic amines) is 1. The van der Waals surface area contributed by atoms with Crippen LogP contribution in [-0.4, -0.2) is 46.0 Å². The topological polar surface area (TPSA) is 60.2 Å². The third-order valence-electron chi connectivity index (χ3n) is 4.74. The van der Waals surface area contributed by atoms with E-state index in [1.165, 1.54) is 0 Å². The van der Waals surface area contributed by atoms with Crippen LogP contribution in [0.2, 0.25) is 0 Å². The van der Waals surface area contributed by atoms with Crippen LogP contribution in [0.15, 0.2) is 30.5 Å². The van der Waals surface area contributed by atoms with Crippen LogP contribution in [-0.2, 0) is 11.8 Å². The summed E-state index contributed by atoms with van der Waals surface area (Å²) in [5.41, 5.74) is 1.96. The lowest BCUT2D eigenvalue weighted by Gasteiger charge is -2.33. The Hall–Kier alpha value is -2.37. The molecule has 2 aromatic rings. The highest BCUT2D eigenvalue weighted by atomic mass is 16.5. The molecule has 1 aliphatic rings. The van der Waals surface area contributed by atoms with E-state index in [9.17, 15) is 4.79 Å². The number of ether oxygens (including phenoxy) is 1. The first-order valence-corrected chi connectivity index (χ1v) is 8.37. The number of piperidine rings is 1. The van der Waals surface area contributed by atoms with Crippen LogP contribution in [0.3, 0.4) is 0 Å². The van der Waals surface area contributed by atoms with Crippen molar-refractivity contribution in [2.24, 2.45) is 7.05 Å². The molecular weight excluding hydrogens is 304 g/mol. The van der Waals surface area contributed by atoms with Crippen molar-refractivity contribution in [2.75, 3.05) is 20.2 Å². The van der Waals surface area contributed by atoms with Crippen molar-refractivity contribution >= 4 is 5.91 Å². The molecule has 1 aliphatic heterocycles. The molecule has 1 saturated heterocycles. The van der Waals surface area contributed by atoms with Gasteiger partial charge in [0.15, 0.2) is 0 Å². The normalized spacial score (nSPS) is 19.1. The fourth-order valence-corrected chi connectivity index (χ4v) is 3.30. The van der Waals surface area contributed by atoms with Gasteiger partial charge in [-0.2, -0.15) is 0 Å². The highest BCUT2D eigenvalue weighted by molar-refractivity contribution is 5.83. The SMILES string of the molecule is COc1cccc(C(C)C(=O)N2CCCC(c3cn(C)nn3)C2)c1. The maximum atomic E-state index is 12.9. The summed E-state index contributed by atoms with van der Waals surface area (Å²) in [6.07, 6.45) is 4.00. The minimum Gasteiger partial charge on any atom is -0.497 e. The number of hydrogen-bond acceptors (Lipinski definition) is 4. The third-order valence-corrected chi connectivity index (χ3v) is 4.74. The summed E-state index contributed by atoms with van der Waals surface area (Å²) in [6, 6.07) is 7.74. The lowest BCUT2D eigenvalue weighted by molar-refractivity contribution is -0.133. The number of carbonyl (C=O) groups excluding carboxylic acids is 1. The Bertz CT molecular complexity index is 713. The minimum atomic E-state index is -0.180. The van der Waals surface area contributed by atoms with Gasteiger partial charge in [0.1, 0.15) is 5.75 Å². The van der Waals surface area contributed by atoms with Gasteiger partial charge in [0.05, 0.1) is 18.7 Å². The second-order valence-electron chi connectivity index (χ2n) is 6.44. The van der Waals surface area contributed by atoms with E-state index in [-0.39, 0.29) is 17.7 Å². The Morgan fingerprint density at radius 1 is 1.42 bits per heavy atom. The van der Waals surface area contributed by atoms with Crippen LogP contribution >= 0.6 is 0 Å². The maximum absolute atomic E-state index is 12.9. The largest absolute Gasteiger partial charge is 0.497 e. The monoisotopic (exact) mass is 328 g/mol. The van der Waals surface area contributed by atoms with E-state index in [1.54, 1.807) is 11.8 Å². The molecule has 2 atom stereocenters. The van der Waals surface area contributed by atoms with Gasteiger partial charge >= 0.3 is 0 Å².